The predicted octanol–water partition coefficient (Wildman–Crippen LogP) is 1.62. The number of nitrogens with two attached hydrogens (primary N) is 1. The van der Waals surface area contributed by atoms with Crippen molar-refractivity contribution in [2.24, 2.45) is 5.84 Å². The Balaban J connectivity index is 2.71. The van der Waals surface area contributed by atoms with Gasteiger partial charge in [0.2, 0.25) is 0 Å². The van der Waals surface area contributed by atoms with Gasteiger partial charge in [-0.05, 0) is 19.4 Å². The van der Waals surface area contributed by atoms with Crippen molar-refractivity contribution in [1.82, 2.24) is 5.43 Å². The van der Waals surface area contributed by atoms with Crippen molar-refractivity contribution >= 4 is 0 Å². The van der Waals surface area contributed by atoms with Crippen LogP contribution in [0.4, 0.5) is 0 Å². The van der Waals surface area contributed by atoms with Gasteiger partial charge in [0.15, 0.2) is 0 Å². The summed E-state index contributed by atoms with van der Waals surface area (Å²) in [6.45, 7) is 4.70. The molecule has 0 fully saturated rings. The van der Waals surface area contributed by atoms with Crippen LogP contribution in [0.25, 0.3) is 0 Å². The second-order valence-corrected chi connectivity index (χ2v) is 3.22. The van der Waals surface area contributed by atoms with Crippen LogP contribution < -0.4 is 11.3 Å². The fraction of sp³-hybridized carbons (Fsp3) is 0.455. The quantitative estimate of drug-likeness (QED) is 0.553. The van der Waals surface area contributed by atoms with E-state index < -0.39 is 0 Å². The van der Waals surface area contributed by atoms with Gasteiger partial charge in [-0.1, -0.05) is 30.3 Å². The van der Waals surface area contributed by atoms with E-state index in [-0.39, 0.29) is 12.1 Å². The summed E-state index contributed by atoms with van der Waals surface area (Å²) in [5, 5.41) is 0. The van der Waals surface area contributed by atoms with Gasteiger partial charge in [0.05, 0.1) is 12.1 Å². The lowest BCUT2D eigenvalue weighted by Crippen LogP contribution is -2.36. The summed E-state index contributed by atoms with van der Waals surface area (Å²) in [5.74, 6) is 5.51. The standard InChI is InChI=1S/C11H18N2O/c1-3-14-9(2)11(13-12)10-7-5-4-6-8-10/h4-9,11,13H,3,12H2,1-2H3. The van der Waals surface area contributed by atoms with E-state index in [1.165, 1.54) is 0 Å². The summed E-state index contributed by atoms with van der Waals surface area (Å²) < 4.78 is 5.51. The first-order chi connectivity index (χ1) is 6.79. The highest BCUT2D eigenvalue weighted by atomic mass is 16.5. The van der Waals surface area contributed by atoms with E-state index in [1.807, 2.05) is 44.2 Å². The van der Waals surface area contributed by atoms with Crippen LogP contribution in [0.1, 0.15) is 25.5 Å². The van der Waals surface area contributed by atoms with Crippen LogP contribution in [-0.4, -0.2) is 12.7 Å². The summed E-state index contributed by atoms with van der Waals surface area (Å²) in [6, 6.07) is 10.1. The minimum atomic E-state index is 0.0520. The molecule has 14 heavy (non-hydrogen) atoms. The minimum Gasteiger partial charge on any atom is -0.377 e. The van der Waals surface area contributed by atoms with Gasteiger partial charge in [0.25, 0.3) is 0 Å². The van der Waals surface area contributed by atoms with Crippen LogP contribution in [0.2, 0.25) is 0 Å². The highest BCUT2D eigenvalue weighted by Crippen LogP contribution is 2.17. The first-order valence-corrected chi connectivity index (χ1v) is 4.92. The summed E-state index contributed by atoms with van der Waals surface area (Å²) in [4.78, 5) is 0. The van der Waals surface area contributed by atoms with Crippen LogP contribution >= 0.6 is 0 Å². The van der Waals surface area contributed by atoms with Gasteiger partial charge in [0.1, 0.15) is 0 Å². The molecule has 0 saturated heterocycles. The molecule has 0 saturated carbocycles. The highest BCUT2D eigenvalue weighted by Gasteiger charge is 2.17. The molecule has 0 aliphatic carbocycles. The van der Waals surface area contributed by atoms with Crippen LogP contribution in [0.5, 0.6) is 0 Å². The van der Waals surface area contributed by atoms with Crippen molar-refractivity contribution in [3.8, 4) is 0 Å². The monoisotopic (exact) mass is 194 g/mol. The molecule has 0 amide bonds. The molecule has 2 unspecified atom stereocenters. The molecule has 3 nitrogen and oxygen atoms in total. The van der Waals surface area contributed by atoms with Gasteiger partial charge < -0.3 is 4.74 Å². The number of hydrogen-bond acceptors (Lipinski definition) is 3. The van der Waals surface area contributed by atoms with Crippen molar-refractivity contribution in [3.05, 3.63) is 35.9 Å². The Labute approximate surface area is 85.2 Å². The molecule has 1 aromatic rings. The predicted molar refractivity (Wildman–Crippen MR) is 57.6 cm³/mol. The van der Waals surface area contributed by atoms with E-state index in [9.17, 15) is 0 Å². The Morgan fingerprint density at radius 1 is 1.36 bits per heavy atom. The zero-order valence-electron chi connectivity index (χ0n) is 8.73. The number of hydrogen-bond donors (Lipinski definition) is 2. The number of benzene rings is 1. The minimum absolute atomic E-state index is 0.0520. The average Bonchev–Trinajstić information content (AvgIpc) is 2.21. The Morgan fingerprint density at radius 2 is 2.00 bits per heavy atom. The largest absolute Gasteiger partial charge is 0.377 e. The van der Waals surface area contributed by atoms with E-state index in [0.29, 0.717) is 6.61 Å². The van der Waals surface area contributed by atoms with Crippen LogP contribution in [-0.2, 0) is 4.74 Å². The molecular formula is C11H18N2O. The molecule has 0 heterocycles. The molecule has 0 radical (unpaired) electrons. The molecule has 1 aromatic carbocycles. The molecule has 0 spiro atoms. The SMILES string of the molecule is CCOC(C)C(NN)c1ccccc1. The Hall–Kier alpha value is -0.900. The third-order valence-electron chi connectivity index (χ3n) is 2.24. The molecule has 2 atom stereocenters. The topological polar surface area (TPSA) is 47.3 Å². The molecule has 0 aliphatic heterocycles. The van der Waals surface area contributed by atoms with Crippen LogP contribution in [0, 0.1) is 0 Å². The lowest BCUT2D eigenvalue weighted by Gasteiger charge is -2.23. The van der Waals surface area contributed by atoms with Gasteiger partial charge in [-0.2, -0.15) is 0 Å². The highest BCUT2D eigenvalue weighted by molar-refractivity contribution is 5.19. The lowest BCUT2D eigenvalue weighted by molar-refractivity contribution is 0.0472. The van der Waals surface area contributed by atoms with Gasteiger partial charge >= 0.3 is 0 Å². The first kappa shape index (κ1) is 11.2. The van der Waals surface area contributed by atoms with Crippen LogP contribution in [0.3, 0.4) is 0 Å². The number of ether oxygens (including phenoxy) is 1. The molecule has 0 aromatic heterocycles. The first-order valence-electron chi connectivity index (χ1n) is 4.92. The number of nitrogens with one attached hydrogen (secondary N) is 1. The maximum atomic E-state index is 5.51. The normalized spacial score (nSPS) is 15.1. The van der Waals surface area contributed by atoms with Gasteiger partial charge in [-0.3, -0.25) is 11.3 Å². The van der Waals surface area contributed by atoms with Crippen LogP contribution in [0.15, 0.2) is 30.3 Å². The zero-order chi connectivity index (χ0) is 10.4. The van der Waals surface area contributed by atoms with E-state index in [2.05, 4.69) is 5.43 Å². The third kappa shape index (κ3) is 2.80. The van der Waals surface area contributed by atoms with Gasteiger partial charge in [-0.15, -0.1) is 0 Å². The second-order valence-electron chi connectivity index (χ2n) is 3.22. The fourth-order valence-corrected chi connectivity index (χ4v) is 1.52. The van der Waals surface area contributed by atoms with Crippen molar-refractivity contribution in [2.45, 2.75) is 26.0 Å². The van der Waals surface area contributed by atoms with Crippen molar-refractivity contribution in [1.29, 1.82) is 0 Å². The molecule has 78 valence electrons. The average molecular weight is 194 g/mol. The van der Waals surface area contributed by atoms with Crippen molar-refractivity contribution in [3.63, 3.8) is 0 Å². The Kier molecular flexibility index (Phi) is 4.59. The maximum absolute atomic E-state index is 5.51. The molecular weight excluding hydrogens is 176 g/mol. The molecule has 3 N–H and O–H groups in total. The Bertz CT molecular complexity index is 251. The van der Waals surface area contributed by atoms with E-state index in [0.717, 1.165) is 5.56 Å². The molecule has 1 rings (SSSR count). The van der Waals surface area contributed by atoms with E-state index >= 15 is 0 Å². The van der Waals surface area contributed by atoms with E-state index in [4.69, 9.17) is 10.6 Å². The Morgan fingerprint density at radius 3 is 2.50 bits per heavy atom. The van der Waals surface area contributed by atoms with Crippen molar-refractivity contribution in [2.75, 3.05) is 6.61 Å². The summed E-state index contributed by atoms with van der Waals surface area (Å²) in [5.41, 5.74) is 3.93. The number of hydrazine groups is 1. The zero-order valence-corrected chi connectivity index (χ0v) is 8.73. The fourth-order valence-electron chi connectivity index (χ4n) is 1.52. The lowest BCUT2D eigenvalue weighted by atomic mass is 10.0. The van der Waals surface area contributed by atoms with Gasteiger partial charge in [-0.25, -0.2) is 0 Å². The smallest absolute Gasteiger partial charge is 0.0754 e. The van der Waals surface area contributed by atoms with Crippen molar-refractivity contribution < 1.29 is 4.74 Å². The van der Waals surface area contributed by atoms with E-state index in [1.54, 1.807) is 0 Å². The molecule has 0 bridgehead atoms. The maximum Gasteiger partial charge on any atom is 0.0754 e. The third-order valence-corrected chi connectivity index (χ3v) is 2.24. The summed E-state index contributed by atoms with van der Waals surface area (Å²) in [7, 11) is 0. The summed E-state index contributed by atoms with van der Waals surface area (Å²) in [6.07, 6.45) is 0.0763. The second kappa shape index (κ2) is 5.75. The number of rotatable bonds is 5. The summed E-state index contributed by atoms with van der Waals surface area (Å²) >= 11 is 0. The van der Waals surface area contributed by atoms with Gasteiger partial charge in [0, 0.05) is 6.61 Å². The molecule has 3 heteroatoms. The molecule has 0 aliphatic rings.